The van der Waals surface area contributed by atoms with Gasteiger partial charge in [0.15, 0.2) is 5.65 Å². The molecule has 0 amide bonds. The molecule has 25 heavy (non-hydrogen) atoms. The Balaban J connectivity index is 1.61. The largest absolute Gasteiger partial charge is 0.388 e. The van der Waals surface area contributed by atoms with Gasteiger partial charge < -0.3 is 11.1 Å². The first-order valence-corrected chi connectivity index (χ1v) is 9.49. The van der Waals surface area contributed by atoms with Crippen LogP contribution < -0.4 is 11.1 Å². The number of anilines is 1. The van der Waals surface area contributed by atoms with Gasteiger partial charge in [0.1, 0.15) is 10.8 Å². The second-order valence-electron chi connectivity index (χ2n) is 7.50. The Hall–Kier alpha value is -1.82. The van der Waals surface area contributed by atoms with Crippen LogP contribution in [0.3, 0.4) is 0 Å². The highest BCUT2D eigenvalue weighted by Gasteiger charge is 2.31. The Labute approximate surface area is 152 Å². The minimum Gasteiger partial charge on any atom is -0.388 e. The van der Waals surface area contributed by atoms with Crippen LogP contribution in [0.25, 0.3) is 5.65 Å². The lowest BCUT2D eigenvalue weighted by atomic mass is 10.0. The molecule has 0 aromatic carbocycles. The average molecular weight is 361 g/mol. The van der Waals surface area contributed by atoms with Crippen LogP contribution in [0.1, 0.15) is 57.6 Å². The maximum Gasteiger partial charge on any atom is 0.176 e. The molecule has 2 aliphatic carbocycles. The molecule has 6 nitrogen and oxygen atoms in total. The van der Waals surface area contributed by atoms with Crippen molar-refractivity contribution in [3.63, 3.8) is 0 Å². The van der Waals surface area contributed by atoms with Crippen LogP contribution in [0.4, 0.5) is 5.82 Å². The van der Waals surface area contributed by atoms with Gasteiger partial charge >= 0.3 is 0 Å². The molecule has 2 saturated carbocycles. The summed E-state index contributed by atoms with van der Waals surface area (Å²) >= 11 is 6.31. The van der Waals surface area contributed by atoms with E-state index >= 15 is 0 Å². The summed E-state index contributed by atoms with van der Waals surface area (Å²) in [5.41, 5.74) is 7.57. The fraction of sp³-hybridized carbons (Fsp3) is 0.611. The first-order chi connectivity index (χ1) is 12.0. The summed E-state index contributed by atoms with van der Waals surface area (Å²) in [5, 5.41) is 8.65. The third-order valence-corrected chi connectivity index (χ3v) is 5.65. The van der Waals surface area contributed by atoms with E-state index in [2.05, 4.69) is 28.4 Å². The lowest BCUT2D eigenvalue weighted by molar-refractivity contribution is 0.641. The lowest BCUT2D eigenvalue weighted by Gasteiger charge is -2.18. The highest BCUT2D eigenvalue weighted by molar-refractivity contribution is 6.33. The van der Waals surface area contributed by atoms with Crippen LogP contribution in [-0.4, -0.2) is 32.5 Å². The van der Waals surface area contributed by atoms with Crippen molar-refractivity contribution in [2.45, 2.75) is 64.0 Å². The van der Waals surface area contributed by atoms with E-state index in [0.717, 1.165) is 42.3 Å². The number of nitrogens with one attached hydrogen (secondary N) is 1. The molecule has 0 aliphatic heterocycles. The highest BCUT2D eigenvalue weighted by Crippen LogP contribution is 2.42. The second kappa shape index (κ2) is 6.48. The molecule has 7 heteroatoms. The van der Waals surface area contributed by atoms with E-state index in [1.807, 2.05) is 11.4 Å². The predicted molar refractivity (Wildman–Crippen MR) is 101 cm³/mol. The fourth-order valence-electron chi connectivity index (χ4n) is 3.83. The van der Waals surface area contributed by atoms with Gasteiger partial charge in [0.2, 0.25) is 0 Å². The molecule has 3 atom stereocenters. The molecule has 0 radical (unpaired) electrons. The smallest absolute Gasteiger partial charge is 0.176 e. The van der Waals surface area contributed by atoms with Crippen molar-refractivity contribution in [3.8, 4) is 0 Å². The zero-order valence-corrected chi connectivity index (χ0v) is 15.5. The third kappa shape index (κ3) is 3.45. The van der Waals surface area contributed by atoms with Crippen LogP contribution >= 0.6 is 11.6 Å². The van der Waals surface area contributed by atoms with E-state index in [1.54, 1.807) is 6.20 Å². The van der Waals surface area contributed by atoms with Gasteiger partial charge in [-0.25, -0.2) is 4.98 Å². The Morgan fingerprint density at radius 2 is 2.20 bits per heavy atom. The van der Waals surface area contributed by atoms with Gasteiger partial charge in [0.05, 0.1) is 18.1 Å². The maximum atomic E-state index is 6.31. The first-order valence-electron chi connectivity index (χ1n) is 9.12. The van der Waals surface area contributed by atoms with E-state index < -0.39 is 0 Å². The Morgan fingerprint density at radius 3 is 2.92 bits per heavy atom. The number of nitrogens with zero attached hydrogens (tertiary/aromatic N) is 4. The van der Waals surface area contributed by atoms with Gasteiger partial charge in [-0.15, -0.1) is 0 Å². The van der Waals surface area contributed by atoms with Crippen molar-refractivity contribution in [1.29, 1.82) is 0 Å². The van der Waals surface area contributed by atoms with Crippen LogP contribution in [0.2, 0.25) is 5.02 Å². The Bertz CT molecular complexity index is 805. The number of nitrogens with two attached hydrogens (primary N) is 1. The topological polar surface area (TPSA) is 80.6 Å². The van der Waals surface area contributed by atoms with Crippen molar-refractivity contribution in [2.24, 2.45) is 16.6 Å². The standard InChI is InChI=1S/C18H25ClN6/c1-10(12-3-4-12)16-8-17(25-18(24-16)15(19)9-21-25)23-14-6-5-13(7-14)22-11(2)20/h8-10,12-14,23H,3-7H2,1-2H3,(H2,20,22)/t10?,13-,14-/m0/s1. The van der Waals surface area contributed by atoms with Crippen LogP contribution in [0.5, 0.6) is 0 Å². The van der Waals surface area contributed by atoms with Gasteiger partial charge in [-0.1, -0.05) is 18.5 Å². The summed E-state index contributed by atoms with van der Waals surface area (Å²) in [4.78, 5) is 9.29. The van der Waals surface area contributed by atoms with E-state index in [0.29, 0.717) is 28.9 Å². The van der Waals surface area contributed by atoms with Crippen LogP contribution in [-0.2, 0) is 0 Å². The summed E-state index contributed by atoms with van der Waals surface area (Å²) in [6.07, 6.45) is 7.38. The molecule has 1 unspecified atom stereocenters. The monoisotopic (exact) mass is 360 g/mol. The number of aromatic nitrogens is 3. The number of hydrogen-bond acceptors (Lipinski definition) is 4. The van der Waals surface area contributed by atoms with Crippen LogP contribution in [0, 0.1) is 5.92 Å². The molecule has 134 valence electrons. The molecule has 0 bridgehead atoms. The molecule has 0 saturated heterocycles. The normalized spacial score (nSPS) is 25.5. The van der Waals surface area contributed by atoms with E-state index in [1.165, 1.54) is 12.8 Å². The molecule has 3 N–H and O–H groups in total. The second-order valence-corrected chi connectivity index (χ2v) is 7.91. The Kier molecular flexibility index (Phi) is 4.31. The van der Waals surface area contributed by atoms with Crippen molar-refractivity contribution < 1.29 is 0 Å². The summed E-state index contributed by atoms with van der Waals surface area (Å²) < 4.78 is 1.82. The minimum atomic E-state index is 0.311. The van der Waals surface area contributed by atoms with Gasteiger partial charge in [0.25, 0.3) is 0 Å². The van der Waals surface area contributed by atoms with Crippen molar-refractivity contribution in [1.82, 2.24) is 14.6 Å². The lowest BCUT2D eigenvalue weighted by Crippen LogP contribution is -2.20. The number of fused-ring (bicyclic) bond motifs is 1. The SMILES string of the molecule is CC(N)=N[C@H]1CC[C@H](Nc2cc(C(C)C3CC3)nc3c(Cl)cnn23)C1. The van der Waals surface area contributed by atoms with Crippen molar-refractivity contribution >= 4 is 28.9 Å². The van der Waals surface area contributed by atoms with E-state index in [9.17, 15) is 0 Å². The summed E-state index contributed by atoms with van der Waals surface area (Å²) in [7, 11) is 0. The van der Waals surface area contributed by atoms with Gasteiger partial charge in [-0.2, -0.15) is 9.61 Å². The summed E-state index contributed by atoms with van der Waals surface area (Å²) in [6.45, 7) is 4.11. The molecule has 2 aromatic heterocycles. The Morgan fingerprint density at radius 1 is 1.40 bits per heavy atom. The number of amidine groups is 1. The molecule has 2 aromatic rings. The van der Waals surface area contributed by atoms with E-state index in [4.69, 9.17) is 22.3 Å². The summed E-state index contributed by atoms with van der Waals surface area (Å²) in [6, 6.07) is 2.82. The minimum absolute atomic E-state index is 0.311. The fourth-order valence-corrected chi connectivity index (χ4v) is 4.00. The molecule has 2 aliphatic rings. The highest BCUT2D eigenvalue weighted by atomic mass is 35.5. The predicted octanol–water partition coefficient (Wildman–Crippen LogP) is 3.61. The van der Waals surface area contributed by atoms with Gasteiger partial charge in [-0.05, 0) is 44.9 Å². The van der Waals surface area contributed by atoms with Gasteiger partial charge in [0, 0.05) is 23.7 Å². The summed E-state index contributed by atoms with van der Waals surface area (Å²) in [5.74, 6) is 2.84. The molecule has 0 spiro atoms. The van der Waals surface area contributed by atoms with Crippen LogP contribution in [0.15, 0.2) is 17.3 Å². The molecule has 2 heterocycles. The quantitative estimate of drug-likeness (QED) is 0.630. The number of rotatable bonds is 5. The number of aliphatic imine (C=N–C) groups is 1. The third-order valence-electron chi connectivity index (χ3n) is 5.39. The molecular formula is C18H25ClN6. The van der Waals surface area contributed by atoms with Crippen molar-refractivity contribution in [2.75, 3.05) is 5.32 Å². The first kappa shape index (κ1) is 16.6. The molecule has 2 fully saturated rings. The zero-order chi connectivity index (χ0) is 17.6. The number of halogens is 1. The molecule has 4 rings (SSSR count). The van der Waals surface area contributed by atoms with Gasteiger partial charge in [-0.3, -0.25) is 4.99 Å². The maximum absolute atomic E-state index is 6.31. The zero-order valence-electron chi connectivity index (χ0n) is 14.7. The van der Waals surface area contributed by atoms with E-state index in [-0.39, 0.29) is 0 Å². The average Bonchev–Trinajstić information content (AvgIpc) is 3.23. The number of hydrogen-bond donors (Lipinski definition) is 2. The molecular weight excluding hydrogens is 336 g/mol. The van der Waals surface area contributed by atoms with Crippen molar-refractivity contribution in [3.05, 3.63) is 23.0 Å².